The van der Waals surface area contributed by atoms with Crippen LogP contribution in [-0.4, -0.2) is 24.4 Å². The highest BCUT2D eigenvalue weighted by Gasteiger charge is 2.22. The van der Waals surface area contributed by atoms with Crippen LogP contribution in [0, 0.1) is 11.8 Å². The number of aliphatic hydroxyl groups is 1. The molecule has 3 unspecified atom stereocenters. The molecule has 3 heteroatoms. The Hall–Kier alpha value is -1.06. The highest BCUT2D eigenvalue weighted by Crippen LogP contribution is 2.25. The maximum atomic E-state index is 9.56. The molecule has 1 saturated carbocycles. The molecule has 3 atom stereocenters. The number of hydrogen-bond donors (Lipinski definition) is 2. The molecule has 2 rings (SSSR count). The summed E-state index contributed by atoms with van der Waals surface area (Å²) in [6.07, 6.45) is 2.97. The molecule has 21 heavy (non-hydrogen) atoms. The third kappa shape index (κ3) is 5.33. The molecule has 118 valence electrons. The van der Waals surface area contributed by atoms with Gasteiger partial charge in [-0.15, -0.1) is 0 Å². The summed E-state index contributed by atoms with van der Waals surface area (Å²) in [7, 11) is 0. The minimum Gasteiger partial charge on any atom is -0.493 e. The molecular weight excluding hydrogens is 262 g/mol. The molecule has 0 spiro atoms. The van der Waals surface area contributed by atoms with E-state index in [4.69, 9.17) is 4.74 Å². The van der Waals surface area contributed by atoms with Crippen molar-refractivity contribution in [2.45, 2.75) is 52.2 Å². The van der Waals surface area contributed by atoms with E-state index in [0.717, 1.165) is 38.2 Å². The van der Waals surface area contributed by atoms with Crippen molar-refractivity contribution in [1.82, 2.24) is 5.32 Å². The summed E-state index contributed by atoms with van der Waals surface area (Å²) in [5.41, 5.74) is 1.28. The fourth-order valence-electron chi connectivity index (χ4n) is 2.81. The van der Waals surface area contributed by atoms with Crippen molar-refractivity contribution in [3.63, 3.8) is 0 Å². The summed E-state index contributed by atoms with van der Waals surface area (Å²) in [4.78, 5) is 0. The highest BCUT2D eigenvalue weighted by molar-refractivity contribution is 5.28. The number of hydrogen-bond acceptors (Lipinski definition) is 3. The topological polar surface area (TPSA) is 41.5 Å². The standard InChI is InChI=1S/C18H29NO2/c1-13(2)12-21-18-8-5-16(6-9-18)14(3)19-11-15-4-7-17(20)10-15/h5-6,8-9,13-15,17,19-20H,4,7,10-12H2,1-3H3. The fraction of sp³-hybridized carbons (Fsp3) is 0.667. The van der Waals surface area contributed by atoms with E-state index in [0.29, 0.717) is 17.9 Å². The van der Waals surface area contributed by atoms with Gasteiger partial charge in [0.2, 0.25) is 0 Å². The summed E-state index contributed by atoms with van der Waals surface area (Å²) in [6.45, 7) is 8.25. The van der Waals surface area contributed by atoms with Crippen LogP contribution >= 0.6 is 0 Å². The largest absolute Gasteiger partial charge is 0.493 e. The van der Waals surface area contributed by atoms with Crippen LogP contribution in [0.4, 0.5) is 0 Å². The van der Waals surface area contributed by atoms with Gasteiger partial charge >= 0.3 is 0 Å². The second kappa shape index (κ2) is 7.81. The average molecular weight is 291 g/mol. The van der Waals surface area contributed by atoms with Crippen molar-refractivity contribution >= 4 is 0 Å². The molecule has 1 fully saturated rings. The molecule has 0 amide bonds. The summed E-state index contributed by atoms with van der Waals surface area (Å²) < 4.78 is 5.71. The minimum atomic E-state index is -0.0792. The second-order valence-corrected chi connectivity index (χ2v) is 6.74. The van der Waals surface area contributed by atoms with Gasteiger partial charge in [-0.3, -0.25) is 0 Å². The molecule has 2 N–H and O–H groups in total. The Morgan fingerprint density at radius 3 is 2.48 bits per heavy atom. The normalized spacial score (nSPS) is 23.5. The molecule has 0 heterocycles. The lowest BCUT2D eigenvalue weighted by atomic mass is 10.1. The van der Waals surface area contributed by atoms with Gasteiger partial charge in [0.15, 0.2) is 0 Å². The molecule has 1 aliphatic rings. The van der Waals surface area contributed by atoms with Crippen molar-refractivity contribution in [3.05, 3.63) is 29.8 Å². The van der Waals surface area contributed by atoms with Gasteiger partial charge in [-0.05, 0) is 62.3 Å². The highest BCUT2D eigenvalue weighted by atomic mass is 16.5. The van der Waals surface area contributed by atoms with Crippen molar-refractivity contribution in [2.75, 3.05) is 13.2 Å². The van der Waals surface area contributed by atoms with Crippen molar-refractivity contribution < 1.29 is 9.84 Å². The van der Waals surface area contributed by atoms with Gasteiger partial charge < -0.3 is 15.2 Å². The number of rotatable bonds is 7. The van der Waals surface area contributed by atoms with Crippen molar-refractivity contribution in [3.8, 4) is 5.75 Å². The lowest BCUT2D eigenvalue weighted by Gasteiger charge is -2.18. The zero-order chi connectivity index (χ0) is 15.2. The molecule has 0 aromatic heterocycles. The van der Waals surface area contributed by atoms with Crippen LogP contribution in [0.1, 0.15) is 51.6 Å². The predicted molar refractivity (Wildman–Crippen MR) is 86.5 cm³/mol. The lowest BCUT2D eigenvalue weighted by Crippen LogP contribution is -2.25. The number of ether oxygens (including phenoxy) is 1. The molecule has 0 aliphatic heterocycles. The van der Waals surface area contributed by atoms with Crippen LogP contribution < -0.4 is 10.1 Å². The van der Waals surface area contributed by atoms with Crippen molar-refractivity contribution in [1.29, 1.82) is 0 Å². The maximum Gasteiger partial charge on any atom is 0.119 e. The Bertz CT molecular complexity index is 416. The van der Waals surface area contributed by atoms with E-state index in [9.17, 15) is 5.11 Å². The van der Waals surface area contributed by atoms with Crippen LogP contribution in [0.25, 0.3) is 0 Å². The number of nitrogens with one attached hydrogen (secondary N) is 1. The van der Waals surface area contributed by atoms with E-state index in [2.05, 4.69) is 50.4 Å². The zero-order valence-electron chi connectivity index (χ0n) is 13.5. The Balaban J connectivity index is 1.78. The van der Waals surface area contributed by atoms with Gasteiger partial charge in [0.25, 0.3) is 0 Å². The summed E-state index contributed by atoms with van der Waals surface area (Å²) in [6, 6.07) is 8.71. The van der Waals surface area contributed by atoms with Crippen LogP contribution in [0.3, 0.4) is 0 Å². The first-order valence-corrected chi connectivity index (χ1v) is 8.18. The summed E-state index contributed by atoms with van der Waals surface area (Å²) in [5.74, 6) is 2.11. The van der Waals surface area contributed by atoms with Crippen LogP contribution in [0.15, 0.2) is 24.3 Å². The Labute approximate surface area is 128 Å². The van der Waals surface area contributed by atoms with Gasteiger partial charge in [-0.25, -0.2) is 0 Å². The van der Waals surface area contributed by atoms with Crippen LogP contribution in [0.5, 0.6) is 5.75 Å². The first-order valence-electron chi connectivity index (χ1n) is 8.18. The van der Waals surface area contributed by atoms with Crippen molar-refractivity contribution in [2.24, 2.45) is 11.8 Å². The van der Waals surface area contributed by atoms with Crippen LogP contribution in [-0.2, 0) is 0 Å². The Kier molecular flexibility index (Phi) is 6.07. The molecule has 1 aromatic carbocycles. The van der Waals surface area contributed by atoms with Gasteiger partial charge in [0, 0.05) is 6.04 Å². The molecule has 0 bridgehead atoms. The molecule has 1 aliphatic carbocycles. The van der Waals surface area contributed by atoms with E-state index in [1.807, 2.05) is 0 Å². The maximum absolute atomic E-state index is 9.56. The van der Waals surface area contributed by atoms with E-state index in [-0.39, 0.29) is 6.10 Å². The quantitative estimate of drug-likeness (QED) is 0.807. The van der Waals surface area contributed by atoms with Gasteiger partial charge in [-0.2, -0.15) is 0 Å². The van der Waals surface area contributed by atoms with E-state index < -0.39 is 0 Å². The first-order chi connectivity index (χ1) is 10.0. The van der Waals surface area contributed by atoms with Crippen LogP contribution in [0.2, 0.25) is 0 Å². The van der Waals surface area contributed by atoms with E-state index in [1.54, 1.807) is 0 Å². The smallest absolute Gasteiger partial charge is 0.119 e. The fourth-order valence-corrected chi connectivity index (χ4v) is 2.81. The molecule has 0 saturated heterocycles. The van der Waals surface area contributed by atoms with Gasteiger partial charge in [0.05, 0.1) is 12.7 Å². The lowest BCUT2D eigenvalue weighted by molar-refractivity contribution is 0.177. The van der Waals surface area contributed by atoms with Gasteiger partial charge in [0.1, 0.15) is 5.75 Å². The monoisotopic (exact) mass is 291 g/mol. The molecular formula is C18H29NO2. The Morgan fingerprint density at radius 2 is 1.90 bits per heavy atom. The first kappa shape index (κ1) is 16.3. The minimum absolute atomic E-state index is 0.0792. The number of benzene rings is 1. The average Bonchev–Trinajstić information content (AvgIpc) is 2.89. The second-order valence-electron chi connectivity index (χ2n) is 6.74. The SMILES string of the molecule is CC(C)COc1ccc(C(C)NCC2CCC(O)C2)cc1. The summed E-state index contributed by atoms with van der Waals surface area (Å²) in [5, 5.41) is 13.1. The third-order valence-corrected chi connectivity index (χ3v) is 4.19. The summed E-state index contributed by atoms with van der Waals surface area (Å²) >= 11 is 0. The van der Waals surface area contributed by atoms with E-state index >= 15 is 0 Å². The molecule has 0 radical (unpaired) electrons. The molecule has 3 nitrogen and oxygen atoms in total. The predicted octanol–water partition coefficient (Wildman–Crippen LogP) is 3.53. The van der Waals surface area contributed by atoms with Gasteiger partial charge in [-0.1, -0.05) is 26.0 Å². The Morgan fingerprint density at radius 1 is 1.19 bits per heavy atom. The third-order valence-electron chi connectivity index (χ3n) is 4.19. The molecule has 1 aromatic rings. The van der Waals surface area contributed by atoms with E-state index in [1.165, 1.54) is 5.56 Å². The number of aliphatic hydroxyl groups excluding tert-OH is 1. The zero-order valence-corrected chi connectivity index (χ0v) is 13.5.